The van der Waals surface area contributed by atoms with Crippen molar-refractivity contribution in [3.05, 3.63) is 125 Å². The van der Waals surface area contributed by atoms with Gasteiger partial charge in [-0.25, -0.2) is 0 Å². The van der Waals surface area contributed by atoms with Gasteiger partial charge in [0.15, 0.2) is 0 Å². The van der Waals surface area contributed by atoms with Crippen molar-refractivity contribution in [2.24, 2.45) is 5.92 Å². The van der Waals surface area contributed by atoms with Gasteiger partial charge >= 0.3 is 0 Å². The summed E-state index contributed by atoms with van der Waals surface area (Å²) in [5.74, 6) is -0.550. The molecule has 2 heterocycles. The van der Waals surface area contributed by atoms with Crippen LogP contribution in [0.25, 0.3) is 22.2 Å². The van der Waals surface area contributed by atoms with Crippen LogP contribution in [0.15, 0.2) is 103 Å². The fourth-order valence-electron chi connectivity index (χ4n) is 6.26. The maximum absolute atomic E-state index is 14.3. The molecule has 0 spiro atoms. The van der Waals surface area contributed by atoms with Crippen LogP contribution in [0.5, 0.6) is 5.75 Å². The first-order valence-electron chi connectivity index (χ1n) is 15.2. The van der Waals surface area contributed by atoms with Crippen LogP contribution in [-0.2, 0) is 16.0 Å². The molecule has 3 unspecified atom stereocenters. The second-order valence-electron chi connectivity index (χ2n) is 11.4. The van der Waals surface area contributed by atoms with E-state index in [1.165, 1.54) is 0 Å². The predicted molar refractivity (Wildman–Crippen MR) is 174 cm³/mol. The fourth-order valence-corrected chi connectivity index (χ4v) is 6.26. The summed E-state index contributed by atoms with van der Waals surface area (Å²) in [6, 6.07) is 31.4. The van der Waals surface area contributed by atoms with Crippen LogP contribution in [0.4, 0.5) is 0 Å². The quantitative estimate of drug-likeness (QED) is 0.176. The largest absolute Gasteiger partial charge is 0.497 e. The van der Waals surface area contributed by atoms with Crippen LogP contribution in [0, 0.1) is 5.92 Å². The maximum Gasteiger partial charge on any atom is 0.261 e. The Morgan fingerprint density at radius 1 is 0.889 bits per heavy atom. The number of ether oxygens (including phenoxy) is 1. The summed E-state index contributed by atoms with van der Waals surface area (Å²) >= 11 is 0. The van der Waals surface area contributed by atoms with E-state index in [0.29, 0.717) is 17.7 Å². The molecule has 0 fully saturated rings. The predicted octanol–water partition coefficient (Wildman–Crippen LogP) is 6.19. The zero-order valence-electron chi connectivity index (χ0n) is 25.5. The zero-order valence-corrected chi connectivity index (χ0v) is 25.5. The first kappa shape index (κ1) is 29.7. The average Bonchev–Trinajstić information content (AvgIpc) is 3.59. The molecule has 3 amide bonds. The number of rotatable bonds is 9. The van der Waals surface area contributed by atoms with Crippen LogP contribution < -0.4 is 15.6 Å². The number of methoxy groups -OCH3 is 1. The molecule has 1 aliphatic heterocycles. The van der Waals surface area contributed by atoms with Crippen LogP contribution >= 0.6 is 0 Å². The summed E-state index contributed by atoms with van der Waals surface area (Å²) in [5, 5.41) is 0.979. The van der Waals surface area contributed by atoms with Gasteiger partial charge in [-0.1, -0.05) is 99.1 Å². The molecular weight excluding hydrogens is 564 g/mol. The standard InChI is InChI=1S/C37H36N4O4/c1-4-23(2)34(36(43)40-39-31(42)22-24-18-20-26(45-3)21-19-24)41-35(27-14-8-9-15-28(27)37(41)44)32-29-16-10-11-17-30(29)38-33(32)25-12-6-5-7-13-25/h5-21,23,34-35,38H,4,22H2,1-3H3,(H,39,42)(H,40,43). The SMILES string of the molecule is CCC(C)C(C(=O)NNC(=O)Cc1ccc(OC)cc1)N1C(=O)c2ccccc2C1c1c(-c2ccccc2)[nH]c2ccccc12. The molecule has 3 atom stereocenters. The Balaban J connectivity index is 1.38. The molecule has 0 saturated carbocycles. The molecule has 45 heavy (non-hydrogen) atoms. The molecular formula is C37H36N4O4. The summed E-state index contributed by atoms with van der Waals surface area (Å²) in [6.07, 6.45) is 0.717. The number of H-pyrrole nitrogens is 1. The Hall–Kier alpha value is -5.37. The molecule has 6 rings (SSSR count). The molecule has 5 aromatic rings. The molecule has 8 nitrogen and oxygen atoms in total. The third kappa shape index (κ3) is 5.67. The molecule has 0 bridgehead atoms. The van der Waals surface area contributed by atoms with Gasteiger partial charge in [0.05, 0.1) is 25.3 Å². The summed E-state index contributed by atoms with van der Waals surface area (Å²) in [7, 11) is 1.58. The zero-order chi connectivity index (χ0) is 31.5. The molecule has 0 saturated heterocycles. The van der Waals surface area contributed by atoms with Crippen LogP contribution in [0.3, 0.4) is 0 Å². The van der Waals surface area contributed by atoms with Crippen molar-refractivity contribution in [1.29, 1.82) is 0 Å². The Bertz CT molecular complexity index is 1850. The second kappa shape index (κ2) is 12.7. The number of hydrogen-bond acceptors (Lipinski definition) is 4. The van der Waals surface area contributed by atoms with E-state index >= 15 is 0 Å². The van der Waals surface area contributed by atoms with Crippen molar-refractivity contribution in [1.82, 2.24) is 20.7 Å². The lowest BCUT2D eigenvalue weighted by Gasteiger charge is -2.36. The lowest BCUT2D eigenvalue weighted by molar-refractivity contribution is -0.133. The van der Waals surface area contributed by atoms with Crippen molar-refractivity contribution in [3.8, 4) is 17.0 Å². The molecule has 1 aliphatic rings. The number of nitrogens with one attached hydrogen (secondary N) is 3. The number of hydrazine groups is 1. The van der Waals surface area contributed by atoms with E-state index in [2.05, 4.69) is 21.9 Å². The number of fused-ring (bicyclic) bond motifs is 2. The lowest BCUT2D eigenvalue weighted by Crippen LogP contribution is -2.56. The van der Waals surface area contributed by atoms with Gasteiger partial charge in [-0.15, -0.1) is 0 Å². The van der Waals surface area contributed by atoms with Gasteiger partial charge in [0.1, 0.15) is 11.8 Å². The highest BCUT2D eigenvalue weighted by Gasteiger charge is 2.47. The monoisotopic (exact) mass is 600 g/mol. The molecule has 228 valence electrons. The lowest BCUT2D eigenvalue weighted by atomic mass is 9.90. The molecule has 3 N–H and O–H groups in total. The van der Waals surface area contributed by atoms with Gasteiger partial charge in [0.2, 0.25) is 5.91 Å². The number of carbonyl (C=O) groups excluding carboxylic acids is 3. The van der Waals surface area contributed by atoms with E-state index in [4.69, 9.17) is 4.74 Å². The third-order valence-electron chi connectivity index (χ3n) is 8.68. The van der Waals surface area contributed by atoms with Crippen molar-refractivity contribution in [2.75, 3.05) is 7.11 Å². The maximum atomic E-state index is 14.3. The second-order valence-corrected chi connectivity index (χ2v) is 11.4. The number of aromatic nitrogens is 1. The van der Waals surface area contributed by atoms with Crippen LogP contribution in [0.1, 0.15) is 53.4 Å². The van der Waals surface area contributed by atoms with Crippen LogP contribution in [-0.4, -0.2) is 40.8 Å². The van der Waals surface area contributed by atoms with Crippen molar-refractivity contribution < 1.29 is 19.1 Å². The van der Waals surface area contributed by atoms with Gasteiger partial charge < -0.3 is 14.6 Å². The van der Waals surface area contributed by atoms with Gasteiger partial charge in [-0.2, -0.15) is 0 Å². The summed E-state index contributed by atoms with van der Waals surface area (Å²) < 4.78 is 5.19. The minimum Gasteiger partial charge on any atom is -0.497 e. The molecule has 0 radical (unpaired) electrons. The molecule has 1 aromatic heterocycles. The van der Waals surface area contributed by atoms with E-state index in [9.17, 15) is 14.4 Å². The summed E-state index contributed by atoms with van der Waals surface area (Å²) in [5.41, 5.74) is 11.2. The van der Waals surface area contributed by atoms with Crippen LogP contribution in [0.2, 0.25) is 0 Å². The Morgan fingerprint density at radius 2 is 1.58 bits per heavy atom. The number of amides is 3. The Morgan fingerprint density at radius 3 is 2.31 bits per heavy atom. The fraction of sp³-hybridized carbons (Fsp3) is 0.216. The number of benzene rings is 4. The van der Waals surface area contributed by atoms with Gasteiger partial charge in [0.25, 0.3) is 11.8 Å². The molecule has 8 heteroatoms. The van der Waals surface area contributed by atoms with E-state index in [1.54, 1.807) is 36.3 Å². The molecule has 0 aliphatic carbocycles. The molecule has 4 aromatic carbocycles. The van der Waals surface area contributed by atoms with Gasteiger partial charge in [-0.3, -0.25) is 25.2 Å². The topological polar surface area (TPSA) is 104 Å². The Kier molecular flexibility index (Phi) is 8.38. The number of aromatic amines is 1. The smallest absolute Gasteiger partial charge is 0.261 e. The number of nitrogens with zero attached hydrogens (tertiary/aromatic N) is 1. The minimum atomic E-state index is -0.863. The van der Waals surface area contributed by atoms with E-state index in [-0.39, 0.29) is 24.2 Å². The summed E-state index contributed by atoms with van der Waals surface area (Å²) in [4.78, 5) is 46.6. The van der Waals surface area contributed by atoms with Gasteiger partial charge in [0, 0.05) is 22.0 Å². The average molecular weight is 601 g/mol. The third-order valence-corrected chi connectivity index (χ3v) is 8.68. The summed E-state index contributed by atoms with van der Waals surface area (Å²) in [6.45, 7) is 3.96. The van der Waals surface area contributed by atoms with Crippen molar-refractivity contribution in [2.45, 2.75) is 38.8 Å². The number of hydrogen-bond donors (Lipinski definition) is 3. The minimum absolute atomic E-state index is 0.0742. The van der Waals surface area contributed by atoms with Gasteiger partial charge in [-0.05, 0) is 46.9 Å². The van der Waals surface area contributed by atoms with Crippen molar-refractivity contribution >= 4 is 28.6 Å². The first-order valence-corrected chi connectivity index (χ1v) is 15.2. The van der Waals surface area contributed by atoms with E-state index in [0.717, 1.165) is 38.9 Å². The highest BCUT2D eigenvalue weighted by molar-refractivity contribution is 6.04. The Labute approximate surface area is 262 Å². The first-order chi connectivity index (χ1) is 21.9. The number of carbonyl (C=O) groups is 3. The normalized spacial score (nSPS) is 15.4. The van der Waals surface area contributed by atoms with E-state index in [1.807, 2.05) is 86.6 Å². The van der Waals surface area contributed by atoms with E-state index < -0.39 is 18.0 Å². The van der Waals surface area contributed by atoms with Crippen molar-refractivity contribution in [3.63, 3.8) is 0 Å². The highest BCUT2D eigenvalue weighted by atomic mass is 16.5. The number of para-hydroxylation sites is 1. The highest BCUT2D eigenvalue weighted by Crippen LogP contribution is 2.47.